The molecule has 0 amide bonds. The third-order valence-electron chi connectivity index (χ3n) is 4.64. The van der Waals surface area contributed by atoms with Gasteiger partial charge in [0.15, 0.2) is 5.58 Å². The van der Waals surface area contributed by atoms with E-state index in [0.717, 1.165) is 5.69 Å². The van der Waals surface area contributed by atoms with Gasteiger partial charge in [0.05, 0.1) is 34.5 Å². The molecule has 0 aliphatic carbocycles. The van der Waals surface area contributed by atoms with Crippen LogP contribution in [0.5, 0.6) is 0 Å². The van der Waals surface area contributed by atoms with Crippen LogP contribution in [0.1, 0.15) is 6.92 Å². The van der Waals surface area contributed by atoms with Crippen LogP contribution in [-0.4, -0.2) is 38.1 Å². The Bertz CT molecular complexity index is 1150. The van der Waals surface area contributed by atoms with Gasteiger partial charge in [0.1, 0.15) is 0 Å². The van der Waals surface area contributed by atoms with E-state index in [2.05, 4.69) is 4.98 Å². The monoisotopic (exact) mass is 374 g/mol. The molecule has 4 rings (SSSR count). The fraction of sp³-hybridized carbons (Fsp3) is 0.294. The van der Waals surface area contributed by atoms with Gasteiger partial charge >= 0.3 is 5.76 Å². The van der Waals surface area contributed by atoms with Crippen molar-refractivity contribution in [2.75, 3.05) is 29.3 Å². The van der Waals surface area contributed by atoms with Gasteiger partial charge in [-0.25, -0.2) is 13.2 Å². The summed E-state index contributed by atoms with van der Waals surface area (Å²) >= 11 is 0. The molecule has 136 valence electrons. The normalized spacial score (nSPS) is 14.7. The highest BCUT2D eigenvalue weighted by Gasteiger charge is 2.31. The van der Waals surface area contributed by atoms with Crippen LogP contribution in [-0.2, 0) is 16.6 Å². The van der Waals surface area contributed by atoms with Gasteiger partial charge in [0, 0.05) is 32.4 Å². The number of nitrogens with zero attached hydrogens (tertiary/aromatic N) is 4. The van der Waals surface area contributed by atoms with Crippen molar-refractivity contribution >= 4 is 32.5 Å². The highest BCUT2D eigenvalue weighted by molar-refractivity contribution is 7.92. The molecule has 0 spiro atoms. The number of rotatable bonds is 3. The molecular weight excluding hydrogens is 356 g/mol. The lowest BCUT2D eigenvalue weighted by atomic mass is 10.2. The molecule has 26 heavy (non-hydrogen) atoms. The largest absolute Gasteiger partial charge is 0.419 e. The van der Waals surface area contributed by atoms with Crippen LogP contribution in [0.2, 0.25) is 0 Å². The van der Waals surface area contributed by atoms with Crippen molar-refractivity contribution in [3.05, 3.63) is 47.2 Å². The first kappa shape index (κ1) is 16.6. The molecule has 0 fully saturated rings. The Labute approximate surface area is 150 Å². The van der Waals surface area contributed by atoms with Crippen molar-refractivity contribution in [2.45, 2.75) is 18.4 Å². The molecule has 1 aromatic carbocycles. The highest BCUT2D eigenvalue weighted by atomic mass is 32.2. The summed E-state index contributed by atoms with van der Waals surface area (Å²) in [7, 11) is -1.89. The summed E-state index contributed by atoms with van der Waals surface area (Å²) in [6.45, 7) is 3.17. The molecule has 0 atom stereocenters. The molecule has 8 nitrogen and oxygen atoms in total. The van der Waals surface area contributed by atoms with Crippen molar-refractivity contribution in [3.8, 4) is 0 Å². The first-order valence-electron chi connectivity index (χ1n) is 8.24. The Kier molecular flexibility index (Phi) is 3.76. The summed E-state index contributed by atoms with van der Waals surface area (Å²) in [6, 6.07) is 6.32. The zero-order valence-corrected chi connectivity index (χ0v) is 15.2. The Hall–Kier alpha value is -2.81. The number of anilines is 2. The van der Waals surface area contributed by atoms with Crippen LogP contribution in [0, 0.1) is 0 Å². The Morgan fingerprint density at radius 2 is 2.00 bits per heavy atom. The van der Waals surface area contributed by atoms with Crippen molar-refractivity contribution < 1.29 is 12.8 Å². The van der Waals surface area contributed by atoms with Crippen LogP contribution in [0.3, 0.4) is 0 Å². The summed E-state index contributed by atoms with van der Waals surface area (Å²) < 4.78 is 34.4. The van der Waals surface area contributed by atoms with E-state index in [0.29, 0.717) is 30.8 Å². The average molecular weight is 374 g/mol. The zero-order chi connectivity index (χ0) is 18.5. The minimum absolute atomic E-state index is 0.0846. The average Bonchev–Trinajstić information content (AvgIpc) is 2.96. The summed E-state index contributed by atoms with van der Waals surface area (Å²) in [5, 5.41) is 0. The van der Waals surface area contributed by atoms with Gasteiger partial charge in [-0.3, -0.25) is 13.9 Å². The molecular formula is C17H18N4O4S. The van der Waals surface area contributed by atoms with Gasteiger partial charge in [-0.1, -0.05) is 0 Å². The van der Waals surface area contributed by atoms with Crippen LogP contribution < -0.4 is 15.0 Å². The zero-order valence-electron chi connectivity index (χ0n) is 14.4. The predicted molar refractivity (Wildman–Crippen MR) is 98.2 cm³/mol. The Morgan fingerprint density at radius 3 is 2.77 bits per heavy atom. The van der Waals surface area contributed by atoms with E-state index in [1.165, 1.54) is 21.0 Å². The number of aromatic nitrogens is 2. The Balaban J connectivity index is 1.84. The number of aryl methyl sites for hydroxylation is 1. The van der Waals surface area contributed by atoms with Crippen LogP contribution in [0.25, 0.3) is 11.1 Å². The molecule has 1 aliphatic rings. The van der Waals surface area contributed by atoms with Gasteiger partial charge in [0.25, 0.3) is 10.0 Å². The maximum absolute atomic E-state index is 13.2. The summed E-state index contributed by atoms with van der Waals surface area (Å²) in [5.74, 6) is -0.494. The lowest BCUT2D eigenvalue weighted by molar-refractivity contribution is 0.512. The van der Waals surface area contributed by atoms with Crippen LogP contribution >= 0.6 is 0 Å². The smallest absolute Gasteiger partial charge is 0.408 e. The predicted octanol–water partition coefficient (Wildman–Crippen LogP) is 1.65. The van der Waals surface area contributed by atoms with Crippen LogP contribution in [0.15, 0.2) is 50.8 Å². The third kappa shape index (κ3) is 2.38. The second-order valence-electron chi connectivity index (χ2n) is 6.10. The maximum Gasteiger partial charge on any atom is 0.419 e. The van der Waals surface area contributed by atoms with Gasteiger partial charge in [-0.05, 0) is 25.1 Å². The number of oxazole rings is 1. The highest BCUT2D eigenvalue weighted by Crippen LogP contribution is 2.35. The summed E-state index contributed by atoms with van der Waals surface area (Å²) in [5.41, 5.74) is 2.18. The number of fused-ring (bicyclic) bond motifs is 2. The molecule has 2 aromatic heterocycles. The first-order valence-corrected chi connectivity index (χ1v) is 9.69. The van der Waals surface area contributed by atoms with Crippen molar-refractivity contribution in [1.29, 1.82) is 0 Å². The van der Waals surface area contributed by atoms with Crippen molar-refractivity contribution in [3.63, 3.8) is 0 Å². The van der Waals surface area contributed by atoms with E-state index in [4.69, 9.17) is 4.42 Å². The van der Waals surface area contributed by atoms with Gasteiger partial charge in [-0.2, -0.15) is 0 Å². The summed E-state index contributed by atoms with van der Waals surface area (Å²) in [6.07, 6.45) is 3.19. The van der Waals surface area contributed by atoms with Gasteiger partial charge < -0.3 is 9.32 Å². The standard InChI is InChI=1S/C17H18N4O4S/c1-3-20-14-5-4-12(10-16(14)25-17(20)22)26(23,24)21-9-8-19(2)13-6-7-18-11-15(13)21/h4-7,10-11H,3,8-9H2,1-2H3. The SMILES string of the molecule is CCn1c(=O)oc2cc(S(=O)(=O)N3CCN(C)c4ccncc43)ccc21. The minimum Gasteiger partial charge on any atom is -0.408 e. The molecule has 0 radical (unpaired) electrons. The molecule has 0 saturated heterocycles. The van der Waals surface area contributed by atoms with E-state index in [1.54, 1.807) is 24.5 Å². The number of sulfonamides is 1. The van der Waals surface area contributed by atoms with Crippen molar-refractivity contribution in [1.82, 2.24) is 9.55 Å². The van der Waals surface area contributed by atoms with E-state index in [-0.39, 0.29) is 10.5 Å². The Morgan fingerprint density at radius 1 is 1.19 bits per heavy atom. The van der Waals surface area contributed by atoms with Crippen LogP contribution in [0.4, 0.5) is 11.4 Å². The maximum atomic E-state index is 13.2. The second-order valence-corrected chi connectivity index (χ2v) is 7.97. The molecule has 0 bridgehead atoms. The number of hydrogen-bond acceptors (Lipinski definition) is 6. The molecule has 0 N–H and O–H groups in total. The van der Waals surface area contributed by atoms with E-state index < -0.39 is 15.8 Å². The lowest BCUT2D eigenvalue weighted by Gasteiger charge is -2.35. The molecule has 3 heterocycles. The first-order chi connectivity index (χ1) is 12.4. The quantitative estimate of drug-likeness (QED) is 0.693. The summed E-state index contributed by atoms with van der Waals surface area (Å²) in [4.78, 5) is 18.0. The molecule has 0 saturated carbocycles. The second kappa shape index (κ2) is 5.87. The number of benzene rings is 1. The topological polar surface area (TPSA) is 88.6 Å². The number of hydrogen-bond donors (Lipinski definition) is 0. The molecule has 9 heteroatoms. The van der Waals surface area contributed by atoms with E-state index in [9.17, 15) is 13.2 Å². The minimum atomic E-state index is -3.81. The molecule has 0 unspecified atom stereocenters. The van der Waals surface area contributed by atoms with Gasteiger partial charge in [0.2, 0.25) is 0 Å². The van der Waals surface area contributed by atoms with E-state index in [1.807, 2.05) is 18.9 Å². The third-order valence-corrected chi connectivity index (χ3v) is 6.45. The van der Waals surface area contributed by atoms with Gasteiger partial charge in [-0.15, -0.1) is 0 Å². The molecule has 1 aliphatic heterocycles. The number of pyridine rings is 1. The fourth-order valence-electron chi connectivity index (χ4n) is 3.26. The number of likely N-dealkylation sites (N-methyl/N-ethyl adjacent to an activating group) is 1. The molecule has 3 aromatic rings. The van der Waals surface area contributed by atoms with E-state index >= 15 is 0 Å². The van der Waals surface area contributed by atoms with Crippen molar-refractivity contribution in [2.24, 2.45) is 0 Å². The lowest BCUT2D eigenvalue weighted by Crippen LogP contribution is -2.42. The fourth-order valence-corrected chi connectivity index (χ4v) is 4.73.